The second-order valence-electron chi connectivity index (χ2n) is 5.18. The van der Waals surface area contributed by atoms with Gasteiger partial charge in [-0.05, 0) is 36.4 Å². The highest BCUT2D eigenvalue weighted by atomic mass is 35.5. The van der Waals surface area contributed by atoms with Crippen LogP contribution in [0.3, 0.4) is 0 Å². The number of carbonyl (C=O) groups excluding carboxylic acids is 1. The van der Waals surface area contributed by atoms with E-state index in [1.54, 1.807) is 18.2 Å². The fourth-order valence-corrected chi connectivity index (χ4v) is 2.58. The minimum absolute atomic E-state index is 0.0533. The number of anilines is 1. The van der Waals surface area contributed by atoms with Crippen LogP contribution in [0.2, 0.25) is 5.02 Å². The minimum Gasteiger partial charge on any atom is -0.493 e. The van der Waals surface area contributed by atoms with Crippen LogP contribution in [0.25, 0.3) is 11.3 Å². The summed E-state index contributed by atoms with van der Waals surface area (Å²) < 4.78 is 29.0. The van der Waals surface area contributed by atoms with Crippen LogP contribution in [0.15, 0.2) is 47.2 Å². The third-order valence-electron chi connectivity index (χ3n) is 3.61. The van der Waals surface area contributed by atoms with Gasteiger partial charge in [-0.2, -0.15) is 0 Å². The number of halogens is 2. The Labute approximate surface area is 153 Å². The van der Waals surface area contributed by atoms with Crippen molar-refractivity contribution in [2.45, 2.75) is 0 Å². The molecule has 0 aliphatic carbocycles. The van der Waals surface area contributed by atoms with Crippen molar-refractivity contribution in [1.82, 2.24) is 4.98 Å². The van der Waals surface area contributed by atoms with E-state index in [-0.39, 0.29) is 22.2 Å². The van der Waals surface area contributed by atoms with Gasteiger partial charge in [0.25, 0.3) is 5.91 Å². The van der Waals surface area contributed by atoms with Crippen LogP contribution in [0.5, 0.6) is 11.5 Å². The summed E-state index contributed by atoms with van der Waals surface area (Å²) in [5, 5.41) is 2.66. The van der Waals surface area contributed by atoms with Crippen LogP contribution >= 0.6 is 11.6 Å². The topological polar surface area (TPSA) is 73.6 Å². The van der Waals surface area contributed by atoms with Crippen LogP contribution in [-0.4, -0.2) is 25.1 Å². The van der Waals surface area contributed by atoms with E-state index >= 15 is 0 Å². The molecule has 134 valence electrons. The van der Waals surface area contributed by atoms with Gasteiger partial charge in [-0.1, -0.05) is 11.6 Å². The molecule has 6 nitrogen and oxygen atoms in total. The lowest BCUT2D eigenvalue weighted by atomic mass is 10.1. The fourth-order valence-electron chi connectivity index (χ4n) is 2.36. The molecular formula is C18H14ClFN2O4. The second-order valence-corrected chi connectivity index (χ2v) is 5.59. The number of nitrogens with one attached hydrogen (secondary N) is 1. The van der Waals surface area contributed by atoms with Gasteiger partial charge in [0.05, 0.1) is 24.9 Å². The molecule has 1 amide bonds. The van der Waals surface area contributed by atoms with Crippen molar-refractivity contribution in [1.29, 1.82) is 0 Å². The van der Waals surface area contributed by atoms with Crippen LogP contribution in [0.1, 0.15) is 10.5 Å². The SMILES string of the molecule is COc1ccc(-c2ocnc2C(=O)Nc2ccc(F)cc2Cl)cc1OC. The van der Waals surface area contributed by atoms with Crippen molar-refractivity contribution in [2.24, 2.45) is 0 Å². The molecule has 8 heteroatoms. The number of amides is 1. The first kappa shape index (κ1) is 17.8. The lowest BCUT2D eigenvalue weighted by Gasteiger charge is -2.09. The molecule has 1 heterocycles. The number of nitrogens with zero attached hydrogens (tertiary/aromatic N) is 1. The van der Waals surface area contributed by atoms with Gasteiger partial charge in [-0.15, -0.1) is 0 Å². The Morgan fingerprint density at radius 3 is 2.62 bits per heavy atom. The molecule has 2 aromatic carbocycles. The molecule has 0 saturated heterocycles. The molecule has 1 N–H and O–H groups in total. The molecule has 0 saturated carbocycles. The molecule has 0 spiro atoms. The summed E-state index contributed by atoms with van der Waals surface area (Å²) in [4.78, 5) is 16.5. The van der Waals surface area contributed by atoms with E-state index in [0.717, 1.165) is 12.5 Å². The van der Waals surface area contributed by atoms with Crippen LogP contribution < -0.4 is 14.8 Å². The standard InChI is InChI=1S/C18H14ClFN2O4/c1-24-14-6-3-10(7-15(14)25-2)17-16(21-9-26-17)18(23)22-13-5-4-11(20)8-12(13)19/h3-9H,1-2H3,(H,22,23). The highest BCUT2D eigenvalue weighted by Gasteiger charge is 2.20. The van der Waals surface area contributed by atoms with Crippen molar-refractivity contribution in [3.8, 4) is 22.8 Å². The Morgan fingerprint density at radius 2 is 1.92 bits per heavy atom. The van der Waals surface area contributed by atoms with Crippen LogP contribution in [0, 0.1) is 5.82 Å². The van der Waals surface area contributed by atoms with E-state index in [2.05, 4.69) is 10.3 Å². The highest BCUT2D eigenvalue weighted by Crippen LogP contribution is 2.34. The van der Waals surface area contributed by atoms with E-state index in [9.17, 15) is 9.18 Å². The lowest BCUT2D eigenvalue weighted by molar-refractivity contribution is 0.102. The number of hydrogen-bond donors (Lipinski definition) is 1. The maximum atomic E-state index is 13.1. The van der Waals surface area contributed by atoms with Crippen molar-refractivity contribution in [2.75, 3.05) is 19.5 Å². The van der Waals surface area contributed by atoms with Gasteiger partial charge in [0.2, 0.25) is 0 Å². The van der Waals surface area contributed by atoms with Crippen LogP contribution in [-0.2, 0) is 0 Å². The van der Waals surface area contributed by atoms with Crippen LogP contribution in [0.4, 0.5) is 10.1 Å². The van der Waals surface area contributed by atoms with Crippen molar-refractivity contribution in [3.05, 3.63) is 59.3 Å². The summed E-state index contributed by atoms with van der Waals surface area (Å²) in [6.07, 6.45) is 1.16. The predicted octanol–water partition coefficient (Wildman–Crippen LogP) is 4.40. The third kappa shape index (κ3) is 3.48. The van der Waals surface area contributed by atoms with E-state index in [1.165, 1.54) is 26.4 Å². The molecule has 0 atom stereocenters. The zero-order chi connectivity index (χ0) is 18.7. The lowest BCUT2D eigenvalue weighted by Crippen LogP contribution is -2.13. The van der Waals surface area contributed by atoms with E-state index in [1.807, 2.05) is 0 Å². The first-order valence-corrected chi connectivity index (χ1v) is 7.83. The maximum Gasteiger partial charge on any atom is 0.278 e. The summed E-state index contributed by atoms with van der Waals surface area (Å²) in [6.45, 7) is 0. The van der Waals surface area contributed by atoms with Gasteiger partial charge >= 0.3 is 0 Å². The third-order valence-corrected chi connectivity index (χ3v) is 3.92. The second kappa shape index (κ2) is 7.45. The Hall–Kier alpha value is -3.06. The fraction of sp³-hybridized carbons (Fsp3) is 0.111. The summed E-state index contributed by atoms with van der Waals surface area (Å²) in [6, 6.07) is 8.74. The molecule has 3 rings (SSSR count). The molecule has 1 aromatic heterocycles. The Kier molecular flexibility index (Phi) is 5.09. The highest BCUT2D eigenvalue weighted by molar-refractivity contribution is 6.34. The van der Waals surface area contributed by atoms with Gasteiger partial charge in [0, 0.05) is 5.56 Å². The molecule has 0 aliphatic rings. The predicted molar refractivity (Wildman–Crippen MR) is 94.4 cm³/mol. The normalized spacial score (nSPS) is 10.5. The molecule has 0 bridgehead atoms. The molecule has 0 unspecified atom stereocenters. The molecule has 0 aliphatic heterocycles. The number of benzene rings is 2. The summed E-state index contributed by atoms with van der Waals surface area (Å²) >= 11 is 5.94. The quantitative estimate of drug-likeness (QED) is 0.714. The summed E-state index contributed by atoms with van der Waals surface area (Å²) in [7, 11) is 3.03. The number of oxazole rings is 1. The first-order valence-electron chi connectivity index (χ1n) is 7.45. The number of aromatic nitrogens is 1. The van der Waals surface area contributed by atoms with Gasteiger partial charge in [-0.3, -0.25) is 4.79 Å². The minimum atomic E-state index is -0.544. The molecule has 26 heavy (non-hydrogen) atoms. The average molecular weight is 377 g/mol. The molecule has 3 aromatic rings. The van der Waals surface area contributed by atoms with Gasteiger partial charge in [-0.25, -0.2) is 9.37 Å². The number of methoxy groups -OCH3 is 2. The first-order chi connectivity index (χ1) is 12.5. The van der Waals surface area contributed by atoms with E-state index in [4.69, 9.17) is 25.5 Å². The van der Waals surface area contributed by atoms with E-state index < -0.39 is 11.7 Å². The summed E-state index contributed by atoms with van der Waals surface area (Å²) in [5.74, 6) is 0.230. The Balaban J connectivity index is 1.92. The number of ether oxygens (including phenoxy) is 2. The largest absolute Gasteiger partial charge is 0.493 e. The maximum absolute atomic E-state index is 13.1. The van der Waals surface area contributed by atoms with Gasteiger partial charge in [0.15, 0.2) is 29.3 Å². The van der Waals surface area contributed by atoms with Crippen molar-refractivity contribution >= 4 is 23.2 Å². The number of rotatable bonds is 5. The monoisotopic (exact) mass is 376 g/mol. The van der Waals surface area contributed by atoms with E-state index in [0.29, 0.717) is 17.1 Å². The Bertz CT molecular complexity index is 958. The smallest absolute Gasteiger partial charge is 0.278 e. The molecule has 0 radical (unpaired) electrons. The zero-order valence-electron chi connectivity index (χ0n) is 13.9. The number of carbonyl (C=O) groups is 1. The zero-order valence-corrected chi connectivity index (χ0v) is 14.6. The Morgan fingerprint density at radius 1 is 1.15 bits per heavy atom. The number of hydrogen-bond acceptors (Lipinski definition) is 5. The van der Waals surface area contributed by atoms with Crippen molar-refractivity contribution in [3.63, 3.8) is 0 Å². The summed E-state index contributed by atoms with van der Waals surface area (Å²) in [5.41, 5.74) is 0.896. The average Bonchev–Trinajstić information content (AvgIpc) is 3.13. The van der Waals surface area contributed by atoms with Gasteiger partial charge < -0.3 is 19.2 Å². The van der Waals surface area contributed by atoms with Gasteiger partial charge in [0.1, 0.15) is 5.82 Å². The van der Waals surface area contributed by atoms with Crippen molar-refractivity contribution < 1.29 is 23.1 Å². The molecule has 0 fully saturated rings. The molecular weight excluding hydrogens is 363 g/mol.